The minimum Gasteiger partial charge on any atom is -0.545 e. The Balaban J connectivity index is 0.000000516. The van der Waals surface area contributed by atoms with E-state index >= 15 is 0 Å². The second kappa shape index (κ2) is 18.9. The summed E-state index contributed by atoms with van der Waals surface area (Å²) >= 11 is 0. The molecule has 9 heteroatoms. The zero-order valence-electron chi connectivity index (χ0n) is 23.0. The number of aromatic carboxylic acids is 4. The van der Waals surface area contributed by atoms with E-state index in [4.69, 9.17) is 0 Å². The van der Waals surface area contributed by atoms with Gasteiger partial charge in [-0.1, -0.05) is 119 Å². The molecule has 0 aliphatic rings. The molecule has 0 spiro atoms. The van der Waals surface area contributed by atoms with Crippen LogP contribution < -0.4 is 20.4 Å². The van der Waals surface area contributed by atoms with Crippen molar-refractivity contribution in [3.8, 4) is 0 Å². The van der Waals surface area contributed by atoms with Crippen molar-refractivity contribution in [2.24, 2.45) is 0 Å². The Bertz CT molecular complexity index is 1240. The molecule has 0 N–H and O–H groups in total. The van der Waals surface area contributed by atoms with Gasteiger partial charge in [-0.3, -0.25) is 0 Å². The Morgan fingerprint density at radius 3 is 0.659 bits per heavy atom. The predicted molar refractivity (Wildman–Crippen MR) is 148 cm³/mol. The number of carboxylic acids is 4. The summed E-state index contributed by atoms with van der Waals surface area (Å²) in [5.74, 6) is -4.49. The number of carboxylic acid groups (broad SMARTS) is 4. The molecule has 4 aromatic carbocycles. The van der Waals surface area contributed by atoms with E-state index in [0.29, 0.717) is 0 Å². The quantitative estimate of drug-likeness (QED) is 0.280. The van der Waals surface area contributed by atoms with Crippen LogP contribution in [-0.2, 0) is 0 Å². The topological polar surface area (TPSA) is 161 Å². The zero-order chi connectivity index (χ0) is 30.2. The molecule has 4 radical (unpaired) electrons. The summed E-state index contributed by atoms with van der Waals surface area (Å²) in [7, 11) is 0. The summed E-state index contributed by atoms with van der Waals surface area (Å²) < 4.78 is 0. The monoisotopic (exact) mass is 748 g/mol. The molecule has 0 bridgehead atoms. The Kier molecular flexibility index (Phi) is 16.9. The SMILES string of the molecule is Cc1cccc(C(=O)[O-])c1.Cc1cccc(C(=O)[O-])c1.Cc1cccc(C(=O)[O-])c1.Cc1cccc(C(=O)[O-])c1.[Pb]. The van der Waals surface area contributed by atoms with Crippen LogP contribution in [0.25, 0.3) is 0 Å². The van der Waals surface area contributed by atoms with Crippen LogP contribution in [0.1, 0.15) is 63.7 Å². The van der Waals surface area contributed by atoms with Crippen LogP contribution in [0, 0.1) is 27.7 Å². The normalized spacial score (nSPS) is 9.07. The van der Waals surface area contributed by atoms with E-state index in [-0.39, 0.29) is 49.6 Å². The zero-order valence-corrected chi connectivity index (χ0v) is 26.9. The number of rotatable bonds is 4. The molecule has 0 saturated heterocycles. The van der Waals surface area contributed by atoms with Crippen LogP contribution in [0.2, 0.25) is 0 Å². The summed E-state index contributed by atoms with van der Waals surface area (Å²) in [6.45, 7) is 7.36. The van der Waals surface area contributed by atoms with Gasteiger partial charge in [0.1, 0.15) is 0 Å². The average molecular weight is 748 g/mol. The van der Waals surface area contributed by atoms with Crippen molar-refractivity contribution in [2.75, 3.05) is 0 Å². The van der Waals surface area contributed by atoms with Crippen LogP contribution >= 0.6 is 0 Å². The first-order chi connectivity index (χ1) is 18.8. The number of carbonyl (C=O) groups is 4. The molecule has 0 aliphatic carbocycles. The molecule has 41 heavy (non-hydrogen) atoms. The number of aryl methyl sites for hydroxylation is 4. The summed E-state index contributed by atoms with van der Waals surface area (Å²) in [4.78, 5) is 41.0. The van der Waals surface area contributed by atoms with E-state index in [0.717, 1.165) is 22.3 Å². The first-order valence-corrected chi connectivity index (χ1v) is 11.9. The maximum atomic E-state index is 10.2. The molecule has 0 heterocycles. The van der Waals surface area contributed by atoms with Crippen molar-refractivity contribution in [1.29, 1.82) is 0 Å². The first-order valence-electron chi connectivity index (χ1n) is 11.9. The van der Waals surface area contributed by atoms with Gasteiger partial charge < -0.3 is 39.6 Å². The van der Waals surface area contributed by atoms with Gasteiger partial charge >= 0.3 is 0 Å². The fraction of sp³-hybridized carbons (Fsp3) is 0.125. The molecule has 212 valence electrons. The first kappa shape index (κ1) is 36.7. The number of hydrogen-bond donors (Lipinski definition) is 0. The van der Waals surface area contributed by atoms with Crippen molar-refractivity contribution in [3.05, 3.63) is 142 Å². The summed E-state index contributed by atoms with van der Waals surface area (Å²) in [6.07, 6.45) is 0. The molecular formula is C32H28O8Pb-4. The predicted octanol–water partition coefficient (Wildman–Crippen LogP) is 1.05. The minimum absolute atomic E-state index is 0. The van der Waals surface area contributed by atoms with Gasteiger partial charge in [0.25, 0.3) is 0 Å². The molecule has 0 saturated carbocycles. The number of benzene rings is 4. The van der Waals surface area contributed by atoms with E-state index in [1.165, 1.54) is 24.3 Å². The van der Waals surface area contributed by atoms with E-state index in [9.17, 15) is 39.6 Å². The molecule has 0 aromatic heterocycles. The van der Waals surface area contributed by atoms with Gasteiger partial charge in [-0.15, -0.1) is 0 Å². The fourth-order valence-corrected chi connectivity index (χ4v) is 3.09. The maximum absolute atomic E-state index is 10.2. The van der Waals surface area contributed by atoms with Gasteiger partial charge in [-0.25, -0.2) is 0 Å². The van der Waals surface area contributed by atoms with Crippen LogP contribution in [0.4, 0.5) is 0 Å². The van der Waals surface area contributed by atoms with Crippen molar-refractivity contribution < 1.29 is 39.6 Å². The molecule has 4 rings (SSSR count). The second-order valence-electron chi connectivity index (χ2n) is 8.63. The molecule has 0 amide bonds. The van der Waals surface area contributed by atoms with E-state index in [2.05, 4.69) is 0 Å². The van der Waals surface area contributed by atoms with E-state index < -0.39 is 23.9 Å². The smallest absolute Gasteiger partial charge is 0.0715 e. The standard InChI is InChI=1S/4C8H8O2.Pb/c4*1-6-3-2-4-7(5-6)8(9)10;/h4*2-5H,1H3,(H,9,10);/p-4. The largest absolute Gasteiger partial charge is 0.545 e. The Morgan fingerprint density at radius 2 is 0.561 bits per heavy atom. The van der Waals surface area contributed by atoms with Crippen LogP contribution in [-0.4, -0.2) is 51.2 Å². The van der Waals surface area contributed by atoms with Crippen LogP contribution in [0.3, 0.4) is 0 Å². The Hall–Kier alpha value is -4.32. The Labute approximate surface area is 259 Å². The summed E-state index contributed by atoms with van der Waals surface area (Å²) in [6, 6.07) is 26.5. The molecular weight excluding hydrogens is 720 g/mol. The van der Waals surface area contributed by atoms with Gasteiger partial charge in [0.2, 0.25) is 0 Å². The van der Waals surface area contributed by atoms with Crippen molar-refractivity contribution in [3.63, 3.8) is 0 Å². The van der Waals surface area contributed by atoms with E-state index in [1.807, 2.05) is 52.0 Å². The number of hydrogen-bond acceptors (Lipinski definition) is 8. The van der Waals surface area contributed by atoms with Crippen molar-refractivity contribution in [2.45, 2.75) is 27.7 Å². The van der Waals surface area contributed by atoms with Gasteiger partial charge in [0.15, 0.2) is 0 Å². The molecule has 0 fully saturated rings. The number of carbonyl (C=O) groups excluding carboxylic acids is 4. The minimum atomic E-state index is -1.12. The third-order valence-electron chi connectivity index (χ3n) is 5.02. The summed E-state index contributed by atoms with van der Waals surface area (Å²) in [5, 5.41) is 41.0. The van der Waals surface area contributed by atoms with Crippen LogP contribution in [0.15, 0.2) is 97.1 Å². The van der Waals surface area contributed by atoms with Gasteiger partial charge in [-0.05, 0) is 49.9 Å². The average Bonchev–Trinajstić information content (AvgIpc) is 2.90. The van der Waals surface area contributed by atoms with Crippen molar-refractivity contribution >= 4 is 51.2 Å². The van der Waals surface area contributed by atoms with Crippen molar-refractivity contribution in [1.82, 2.24) is 0 Å². The second-order valence-corrected chi connectivity index (χ2v) is 8.63. The fourth-order valence-electron chi connectivity index (χ4n) is 3.09. The molecule has 0 aliphatic heterocycles. The van der Waals surface area contributed by atoms with Crippen LogP contribution in [0.5, 0.6) is 0 Å². The Morgan fingerprint density at radius 1 is 0.390 bits per heavy atom. The summed E-state index contributed by atoms with van der Waals surface area (Å²) in [5.41, 5.74) is 4.67. The molecule has 8 nitrogen and oxygen atoms in total. The third kappa shape index (κ3) is 15.2. The third-order valence-corrected chi connectivity index (χ3v) is 5.02. The van der Waals surface area contributed by atoms with Gasteiger partial charge in [0.05, 0.1) is 23.9 Å². The maximum Gasteiger partial charge on any atom is 0.0715 e. The molecule has 0 unspecified atom stereocenters. The molecule has 0 atom stereocenters. The molecule has 4 aromatic rings. The van der Waals surface area contributed by atoms with Gasteiger partial charge in [-0.2, -0.15) is 0 Å². The van der Waals surface area contributed by atoms with Gasteiger partial charge in [0, 0.05) is 27.3 Å². The van der Waals surface area contributed by atoms with E-state index in [1.54, 1.807) is 48.5 Å².